The van der Waals surface area contributed by atoms with E-state index >= 15 is 0 Å². The third-order valence-electron chi connectivity index (χ3n) is 4.77. The van der Waals surface area contributed by atoms with E-state index in [0.29, 0.717) is 32.1 Å². The number of hydrogen-bond donors (Lipinski definition) is 1. The molecule has 0 radical (unpaired) electrons. The Kier molecular flexibility index (Phi) is 5.35. The molecule has 4 nitrogen and oxygen atoms in total. The number of Topliss-reactive ketones (excluding diaryl/α,β-unsaturated/α-hetero) is 1. The number of aliphatic hydroxyl groups is 1. The highest BCUT2D eigenvalue weighted by molar-refractivity contribution is 6.02. The van der Waals surface area contributed by atoms with Crippen molar-refractivity contribution >= 4 is 11.8 Å². The molecule has 22 heavy (non-hydrogen) atoms. The first-order valence-electron chi connectivity index (χ1n) is 7.86. The van der Waals surface area contributed by atoms with Crippen LogP contribution in [0.5, 0.6) is 0 Å². The van der Waals surface area contributed by atoms with Crippen molar-refractivity contribution in [2.24, 2.45) is 5.41 Å². The van der Waals surface area contributed by atoms with Crippen LogP contribution >= 0.6 is 0 Å². The largest absolute Gasteiger partial charge is 0.469 e. The predicted molar refractivity (Wildman–Crippen MR) is 83.7 cm³/mol. The SMILES string of the molecule is COC(=O)CCCCC(O)C1(C)CCc2ccccc2C1=O. The maximum Gasteiger partial charge on any atom is 0.305 e. The summed E-state index contributed by atoms with van der Waals surface area (Å²) in [6, 6.07) is 7.64. The Bertz CT molecular complexity index is 552. The molecule has 0 amide bonds. The van der Waals surface area contributed by atoms with Gasteiger partial charge in [-0.25, -0.2) is 0 Å². The van der Waals surface area contributed by atoms with Crippen LogP contribution in [0, 0.1) is 5.41 Å². The minimum atomic E-state index is -0.723. The average Bonchev–Trinajstić information content (AvgIpc) is 2.54. The number of hydrogen-bond acceptors (Lipinski definition) is 4. The number of unbranched alkanes of at least 4 members (excludes halogenated alkanes) is 1. The number of methoxy groups -OCH3 is 1. The van der Waals surface area contributed by atoms with Gasteiger partial charge in [-0.1, -0.05) is 30.7 Å². The molecule has 0 bridgehead atoms. The van der Waals surface area contributed by atoms with Crippen molar-refractivity contribution in [1.29, 1.82) is 0 Å². The third-order valence-corrected chi connectivity index (χ3v) is 4.77. The number of carbonyl (C=O) groups excluding carboxylic acids is 2. The summed E-state index contributed by atoms with van der Waals surface area (Å²) in [6.07, 6.45) is 3.08. The van der Waals surface area contributed by atoms with E-state index in [4.69, 9.17) is 0 Å². The van der Waals surface area contributed by atoms with Gasteiger partial charge in [-0.2, -0.15) is 0 Å². The number of benzene rings is 1. The van der Waals surface area contributed by atoms with E-state index in [2.05, 4.69) is 4.74 Å². The highest BCUT2D eigenvalue weighted by atomic mass is 16.5. The molecule has 1 N–H and O–H groups in total. The predicted octanol–water partition coefficient (Wildman–Crippen LogP) is 2.92. The fraction of sp³-hybridized carbons (Fsp3) is 0.556. The van der Waals surface area contributed by atoms with Gasteiger partial charge in [0, 0.05) is 12.0 Å². The van der Waals surface area contributed by atoms with Crippen LogP contribution in [0.2, 0.25) is 0 Å². The highest BCUT2D eigenvalue weighted by Crippen LogP contribution is 2.39. The van der Waals surface area contributed by atoms with E-state index in [-0.39, 0.29) is 11.8 Å². The zero-order chi connectivity index (χ0) is 16.2. The van der Waals surface area contributed by atoms with Gasteiger partial charge in [0.25, 0.3) is 0 Å². The van der Waals surface area contributed by atoms with Gasteiger partial charge in [-0.05, 0) is 38.2 Å². The molecule has 0 saturated heterocycles. The average molecular weight is 304 g/mol. The summed E-state index contributed by atoms with van der Waals surface area (Å²) < 4.78 is 4.59. The van der Waals surface area contributed by atoms with E-state index in [1.165, 1.54) is 7.11 Å². The molecule has 1 aromatic rings. The molecule has 0 aromatic heterocycles. The molecule has 0 heterocycles. The van der Waals surface area contributed by atoms with Crippen molar-refractivity contribution < 1.29 is 19.4 Å². The molecule has 0 fully saturated rings. The van der Waals surface area contributed by atoms with Gasteiger partial charge in [-0.3, -0.25) is 9.59 Å². The van der Waals surface area contributed by atoms with E-state index < -0.39 is 11.5 Å². The van der Waals surface area contributed by atoms with Crippen LogP contribution in [0.3, 0.4) is 0 Å². The molecule has 0 spiro atoms. The lowest BCUT2D eigenvalue weighted by Gasteiger charge is -2.37. The summed E-state index contributed by atoms with van der Waals surface area (Å²) in [7, 11) is 1.37. The molecule has 2 rings (SSSR count). The first-order chi connectivity index (χ1) is 10.5. The zero-order valence-electron chi connectivity index (χ0n) is 13.3. The summed E-state index contributed by atoms with van der Waals surface area (Å²) in [5.74, 6) is -0.196. The minimum Gasteiger partial charge on any atom is -0.469 e. The van der Waals surface area contributed by atoms with Crippen molar-refractivity contribution in [2.75, 3.05) is 7.11 Å². The van der Waals surface area contributed by atoms with Crippen molar-refractivity contribution in [1.82, 2.24) is 0 Å². The summed E-state index contributed by atoms with van der Waals surface area (Å²) in [5, 5.41) is 10.5. The summed E-state index contributed by atoms with van der Waals surface area (Å²) in [6.45, 7) is 1.86. The number of ketones is 1. The number of aliphatic hydroxyl groups excluding tert-OH is 1. The molecule has 120 valence electrons. The fourth-order valence-corrected chi connectivity index (χ4v) is 3.12. The summed E-state index contributed by atoms with van der Waals surface area (Å²) in [4.78, 5) is 23.8. The van der Waals surface area contributed by atoms with E-state index in [1.807, 2.05) is 31.2 Å². The number of ether oxygens (including phenoxy) is 1. The second kappa shape index (κ2) is 7.05. The van der Waals surface area contributed by atoms with E-state index in [9.17, 15) is 14.7 Å². The molecular weight excluding hydrogens is 280 g/mol. The van der Waals surface area contributed by atoms with Crippen LogP contribution in [-0.4, -0.2) is 30.1 Å². The van der Waals surface area contributed by atoms with Gasteiger partial charge in [0.2, 0.25) is 0 Å². The number of rotatable bonds is 6. The Labute approximate surface area is 131 Å². The van der Waals surface area contributed by atoms with Crippen molar-refractivity contribution in [3.8, 4) is 0 Å². The molecular formula is C18H24O4. The monoisotopic (exact) mass is 304 g/mol. The van der Waals surface area contributed by atoms with Gasteiger partial charge < -0.3 is 9.84 Å². The number of aryl methyl sites for hydroxylation is 1. The third kappa shape index (κ3) is 3.38. The number of carbonyl (C=O) groups is 2. The normalized spacial score (nSPS) is 22.0. The van der Waals surface area contributed by atoms with Gasteiger partial charge in [0.1, 0.15) is 0 Å². The summed E-state index contributed by atoms with van der Waals surface area (Å²) >= 11 is 0. The second-order valence-corrected chi connectivity index (χ2v) is 6.24. The van der Waals surface area contributed by atoms with Crippen LogP contribution < -0.4 is 0 Å². The minimum absolute atomic E-state index is 0.0369. The standard InChI is InChI=1S/C18H24O4/c1-18(15(19)9-5-6-10-16(20)22-2)12-11-13-7-3-4-8-14(13)17(18)21/h3-4,7-8,15,19H,5-6,9-12H2,1-2H3. The number of esters is 1. The Morgan fingerprint density at radius 3 is 2.82 bits per heavy atom. The quantitative estimate of drug-likeness (QED) is 0.648. The van der Waals surface area contributed by atoms with Gasteiger partial charge in [0.15, 0.2) is 5.78 Å². The van der Waals surface area contributed by atoms with E-state index in [1.54, 1.807) is 0 Å². The van der Waals surface area contributed by atoms with Crippen molar-refractivity contribution in [3.05, 3.63) is 35.4 Å². The number of fused-ring (bicyclic) bond motifs is 1. The Morgan fingerprint density at radius 1 is 1.36 bits per heavy atom. The van der Waals surface area contributed by atoms with Crippen LogP contribution in [0.1, 0.15) is 54.9 Å². The Morgan fingerprint density at radius 2 is 2.09 bits per heavy atom. The Balaban J connectivity index is 1.96. The lowest BCUT2D eigenvalue weighted by Crippen LogP contribution is -2.43. The van der Waals surface area contributed by atoms with Crippen molar-refractivity contribution in [3.63, 3.8) is 0 Å². The molecule has 1 aromatic carbocycles. The topological polar surface area (TPSA) is 63.6 Å². The van der Waals surface area contributed by atoms with Crippen LogP contribution in [-0.2, 0) is 16.0 Å². The molecule has 2 unspecified atom stereocenters. The molecule has 2 atom stereocenters. The van der Waals surface area contributed by atoms with Gasteiger partial charge in [0.05, 0.1) is 18.6 Å². The second-order valence-electron chi connectivity index (χ2n) is 6.24. The highest BCUT2D eigenvalue weighted by Gasteiger charge is 2.43. The fourth-order valence-electron chi connectivity index (χ4n) is 3.12. The molecule has 4 heteroatoms. The lowest BCUT2D eigenvalue weighted by molar-refractivity contribution is -0.140. The van der Waals surface area contributed by atoms with Gasteiger partial charge >= 0.3 is 5.97 Å². The van der Waals surface area contributed by atoms with Crippen LogP contribution in [0.25, 0.3) is 0 Å². The van der Waals surface area contributed by atoms with Gasteiger partial charge in [-0.15, -0.1) is 0 Å². The maximum absolute atomic E-state index is 12.7. The first-order valence-corrected chi connectivity index (χ1v) is 7.86. The van der Waals surface area contributed by atoms with Crippen LogP contribution in [0.4, 0.5) is 0 Å². The molecule has 0 saturated carbocycles. The first kappa shape index (κ1) is 16.7. The molecule has 1 aliphatic rings. The summed E-state index contributed by atoms with van der Waals surface area (Å²) in [5.41, 5.74) is 1.09. The maximum atomic E-state index is 12.7. The van der Waals surface area contributed by atoms with E-state index in [0.717, 1.165) is 17.5 Å². The smallest absolute Gasteiger partial charge is 0.305 e. The Hall–Kier alpha value is -1.68. The molecule has 0 aliphatic heterocycles. The lowest BCUT2D eigenvalue weighted by atomic mass is 9.67. The zero-order valence-corrected chi connectivity index (χ0v) is 13.3. The van der Waals surface area contributed by atoms with Crippen LogP contribution in [0.15, 0.2) is 24.3 Å². The van der Waals surface area contributed by atoms with Crippen molar-refractivity contribution in [2.45, 2.75) is 51.6 Å². The molecule has 1 aliphatic carbocycles.